The molecule has 3 aromatic rings. The second-order valence-corrected chi connectivity index (χ2v) is 9.21. The van der Waals surface area contributed by atoms with Gasteiger partial charge in [-0.05, 0) is 36.4 Å². The van der Waals surface area contributed by atoms with Crippen LogP contribution < -0.4 is 5.32 Å². The third-order valence-corrected chi connectivity index (χ3v) is 7.22. The summed E-state index contributed by atoms with van der Waals surface area (Å²) in [6.45, 7) is 0.804. The number of amides is 1. The van der Waals surface area contributed by atoms with Gasteiger partial charge in [-0.2, -0.15) is 0 Å². The summed E-state index contributed by atoms with van der Waals surface area (Å²) in [5.74, 6) is 0.108. The number of nitrogens with zero attached hydrogens (tertiary/aromatic N) is 3. The van der Waals surface area contributed by atoms with Crippen molar-refractivity contribution in [2.24, 2.45) is 0 Å². The summed E-state index contributed by atoms with van der Waals surface area (Å²) in [5.41, 5.74) is 0.358. The Morgan fingerprint density at radius 3 is 3.00 bits per heavy atom. The molecule has 0 radical (unpaired) electrons. The number of carbonyl (C=O) groups is 1. The number of anilines is 2. The van der Waals surface area contributed by atoms with Gasteiger partial charge in [-0.25, -0.2) is 4.39 Å². The third kappa shape index (κ3) is 4.31. The van der Waals surface area contributed by atoms with E-state index in [1.807, 2.05) is 11.0 Å². The van der Waals surface area contributed by atoms with Gasteiger partial charge in [0.15, 0.2) is 4.34 Å². The molecule has 1 aliphatic rings. The highest BCUT2D eigenvalue weighted by Crippen LogP contribution is 2.35. The van der Waals surface area contributed by atoms with Gasteiger partial charge in [-0.15, -0.1) is 21.5 Å². The van der Waals surface area contributed by atoms with Crippen LogP contribution >= 0.6 is 34.4 Å². The first-order valence-corrected chi connectivity index (χ1v) is 11.2. The zero-order valence-electron chi connectivity index (χ0n) is 14.3. The van der Waals surface area contributed by atoms with Crippen LogP contribution in [-0.4, -0.2) is 33.3 Å². The molecule has 27 heavy (non-hydrogen) atoms. The maximum Gasteiger partial charge on any atom is 0.233 e. The lowest BCUT2D eigenvalue weighted by Gasteiger charge is -2.23. The molecule has 1 aromatic carbocycles. The Hall–Kier alpha value is -1.97. The molecule has 0 saturated carbocycles. The molecule has 1 saturated heterocycles. The fourth-order valence-corrected chi connectivity index (χ4v) is 5.57. The largest absolute Gasteiger partial charge is 0.334 e. The van der Waals surface area contributed by atoms with Crippen LogP contribution in [0.3, 0.4) is 0 Å². The first kappa shape index (κ1) is 18.4. The van der Waals surface area contributed by atoms with Gasteiger partial charge in [0.2, 0.25) is 11.0 Å². The van der Waals surface area contributed by atoms with Crippen LogP contribution in [-0.2, 0) is 4.79 Å². The van der Waals surface area contributed by atoms with E-state index in [2.05, 4.69) is 27.0 Å². The maximum atomic E-state index is 13.7. The Kier molecular flexibility index (Phi) is 5.70. The number of carbonyl (C=O) groups excluding carboxylic acids is 1. The Labute approximate surface area is 168 Å². The molecule has 0 spiro atoms. The molecule has 9 heteroatoms. The highest BCUT2D eigenvalue weighted by Gasteiger charge is 2.30. The number of hydrogen-bond donors (Lipinski definition) is 1. The number of nitrogens with one attached hydrogen (secondary N) is 1. The van der Waals surface area contributed by atoms with Gasteiger partial charge < -0.3 is 10.2 Å². The van der Waals surface area contributed by atoms with Gasteiger partial charge in [0, 0.05) is 11.4 Å². The van der Waals surface area contributed by atoms with E-state index in [9.17, 15) is 9.18 Å². The molecule has 5 nitrogen and oxygen atoms in total. The SMILES string of the molecule is O=C(CSc1nnc(Nc2ccccc2F)s1)N1CCCC1c1cccs1. The molecule has 0 aliphatic carbocycles. The second-order valence-electron chi connectivity index (χ2n) is 6.03. The lowest BCUT2D eigenvalue weighted by Crippen LogP contribution is -2.31. The van der Waals surface area contributed by atoms with Crippen LogP contribution in [0.25, 0.3) is 0 Å². The number of rotatable bonds is 6. The molecule has 1 N–H and O–H groups in total. The number of para-hydroxylation sites is 1. The molecule has 1 atom stereocenters. The summed E-state index contributed by atoms with van der Waals surface area (Å²) >= 11 is 4.39. The Morgan fingerprint density at radius 1 is 1.30 bits per heavy atom. The Balaban J connectivity index is 1.34. The minimum Gasteiger partial charge on any atom is -0.334 e. The first-order valence-electron chi connectivity index (χ1n) is 8.51. The third-order valence-electron chi connectivity index (χ3n) is 4.29. The van der Waals surface area contributed by atoms with Gasteiger partial charge >= 0.3 is 0 Å². The molecule has 1 aliphatic heterocycles. The van der Waals surface area contributed by atoms with Crippen molar-refractivity contribution in [2.45, 2.75) is 23.2 Å². The van der Waals surface area contributed by atoms with Gasteiger partial charge in [0.25, 0.3) is 0 Å². The monoisotopic (exact) mass is 420 g/mol. The van der Waals surface area contributed by atoms with Crippen LogP contribution in [0.4, 0.5) is 15.2 Å². The fraction of sp³-hybridized carbons (Fsp3) is 0.278. The number of aromatic nitrogens is 2. The summed E-state index contributed by atoms with van der Waals surface area (Å²) in [6.07, 6.45) is 2.06. The van der Waals surface area contributed by atoms with E-state index in [1.54, 1.807) is 29.5 Å². The molecule has 1 fully saturated rings. The minimum absolute atomic E-state index is 0.120. The van der Waals surface area contributed by atoms with E-state index in [0.29, 0.717) is 20.9 Å². The van der Waals surface area contributed by atoms with Crippen molar-refractivity contribution in [3.63, 3.8) is 0 Å². The summed E-state index contributed by atoms with van der Waals surface area (Å²) in [5, 5.41) is 13.6. The Morgan fingerprint density at radius 2 is 2.19 bits per heavy atom. The van der Waals surface area contributed by atoms with Crippen LogP contribution in [0.15, 0.2) is 46.1 Å². The zero-order valence-corrected chi connectivity index (χ0v) is 16.7. The van der Waals surface area contributed by atoms with Crippen LogP contribution in [0.5, 0.6) is 0 Å². The lowest BCUT2D eigenvalue weighted by atomic mass is 10.2. The smallest absolute Gasteiger partial charge is 0.233 e. The van der Waals surface area contributed by atoms with Crippen molar-refractivity contribution in [3.8, 4) is 0 Å². The highest BCUT2D eigenvalue weighted by atomic mass is 32.2. The van der Waals surface area contributed by atoms with Crippen molar-refractivity contribution in [1.82, 2.24) is 15.1 Å². The molecule has 0 bridgehead atoms. The van der Waals surface area contributed by atoms with E-state index in [-0.39, 0.29) is 17.8 Å². The second kappa shape index (κ2) is 8.37. The number of halogens is 1. The molecule has 4 rings (SSSR count). The van der Waals surface area contributed by atoms with Gasteiger partial charge in [-0.1, -0.05) is 41.3 Å². The van der Waals surface area contributed by atoms with Crippen LogP contribution in [0, 0.1) is 5.82 Å². The average Bonchev–Trinajstić information content (AvgIpc) is 3.42. The molecular formula is C18H17FN4OS3. The predicted molar refractivity (Wildman–Crippen MR) is 108 cm³/mol. The molecular weight excluding hydrogens is 403 g/mol. The van der Waals surface area contributed by atoms with Crippen LogP contribution in [0.2, 0.25) is 0 Å². The number of thiophene rings is 1. The maximum absolute atomic E-state index is 13.7. The summed E-state index contributed by atoms with van der Waals surface area (Å²) in [6, 6.07) is 10.7. The zero-order chi connectivity index (χ0) is 18.6. The van der Waals surface area contributed by atoms with E-state index in [4.69, 9.17) is 0 Å². The molecule has 2 aromatic heterocycles. The van der Waals surface area contributed by atoms with Crippen molar-refractivity contribution in [1.29, 1.82) is 0 Å². The molecule has 140 valence electrons. The standard InChI is InChI=1S/C18H17FN4OS3/c19-12-5-1-2-6-13(12)20-17-21-22-18(27-17)26-11-16(24)23-9-3-7-14(23)15-8-4-10-25-15/h1-2,4-6,8,10,14H,3,7,9,11H2,(H,20,21). The topological polar surface area (TPSA) is 58.1 Å². The molecule has 3 heterocycles. The van der Waals surface area contributed by atoms with E-state index >= 15 is 0 Å². The van der Waals surface area contributed by atoms with Gasteiger partial charge in [0.1, 0.15) is 5.82 Å². The quantitative estimate of drug-likeness (QED) is 0.573. The predicted octanol–water partition coefficient (Wildman–Crippen LogP) is 4.94. The van der Waals surface area contributed by atoms with Gasteiger partial charge in [0.05, 0.1) is 17.5 Å². The summed E-state index contributed by atoms with van der Waals surface area (Å²) < 4.78 is 14.4. The lowest BCUT2D eigenvalue weighted by molar-refractivity contribution is -0.129. The first-order chi connectivity index (χ1) is 13.2. The minimum atomic E-state index is -0.342. The van der Waals surface area contributed by atoms with Crippen molar-refractivity contribution in [2.75, 3.05) is 17.6 Å². The number of benzene rings is 1. The molecule has 1 unspecified atom stereocenters. The average molecular weight is 421 g/mol. The fourth-order valence-electron chi connectivity index (χ4n) is 3.04. The Bertz CT molecular complexity index is 915. The summed E-state index contributed by atoms with van der Waals surface area (Å²) in [7, 11) is 0. The number of hydrogen-bond acceptors (Lipinski definition) is 7. The van der Waals surface area contributed by atoms with E-state index in [0.717, 1.165) is 19.4 Å². The van der Waals surface area contributed by atoms with E-state index < -0.39 is 0 Å². The number of likely N-dealkylation sites (tertiary alicyclic amines) is 1. The van der Waals surface area contributed by atoms with E-state index in [1.165, 1.54) is 34.0 Å². The normalized spacial score (nSPS) is 16.6. The highest BCUT2D eigenvalue weighted by molar-refractivity contribution is 8.01. The van der Waals surface area contributed by atoms with Crippen LogP contribution in [0.1, 0.15) is 23.8 Å². The number of thioether (sulfide) groups is 1. The summed E-state index contributed by atoms with van der Waals surface area (Å²) in [4.78, 5) is 15.9. The van der Waals surface area contributed by atoms with Crippen molar-refractivity contribution < 1.29 is 9.18 Å². The van der Waals surface area contributed by atoms with Crippen molar-refractivity contribution in [3.05, 3.63) is 52.5 Å². The van der Waals surface area contributed by atoms with Crippen molar-refractivity contribution >= 4 is 51.2 Å². The molecule has 1 amide bonds. The van der Waals surface area contributed by atoms with Gasteiger partial charge in [-0.3, -0.25) is 4.79 Å².